The normalized spacial score (nSPS) is 18.9. The van der Waals surface area contributed by atoms with Crippen LogP contribution in [0.1, 0.15) is 36.5 Å². The summed E-state index contributed by atoms with van der Waals surface area (Å²) in [5, 5.41) is 0. The van der Waals surface area contributed by atoms with Crippen molar-refractivity contribution < 1.29 is 19.0 Å². The molecule has 0 aromatic heterocycles. The van der Waals surface area contributed by atoms with E-state index in [1.165, 1.54) is 13.3 Å². The van der Waals surface area contributed by atoms with Crippen LogP contribution in [0.4, 0.5) is 0 Å². The third kappa shape index (κ3) is 3.70. The molecule has 1 aliphatic heterocycles. The number of carbonyl (C=O) groups excluding carboxylic acids is 1. The number of ketones is 1. The largest absolute Gasteiger partial charge is 0.493 e. The number of hydrogen-bond donors (Lipinski definition) is 0. The van der Waals surface area contributed by atoms with Gasteiger partial charge in [-0.15, -0.1) is 0 Å². The second-order valence-electron chi connectivity index (χ2n) is 4.72. The van der Waals surface area contributed by atoms with Crippen LogP contribution in [0.3, 0.4) is 0 Å². The lowest BCUT2D eigenvalue weighted by molar-refractivity contribution is -0.0114. The average Bonchev–Trinajstić information content (AvgIpc) is 2.45. The van der Waals surface area contributed by atoms with Crippen molar-refractivity contribution >= 4 is 5.78 Å². The van der Waals surface area contributed by atoms with Gasteiger partial charge in [-0.3, -0.25) is 4.79 Å². The fourth-order valence-corrected chi connectivity index (χ4v) is 2.13. The van der Waals surface area contributed by atoms with Gasteiger partial charge in [0.25, 0.3) is 0 Å². The minimum absolute atomic E-state index is 0.0143. The molecule has 104 valence electrons. The maximum atomic E-state index is 11.3. The van der Waals surface area contributed by atoms with Gasteiger partial charge < -0.3 is 14.2 Å². The van der Waals surface area contributed by atoms with E-state index in [-0.39, 0.29) is 11.9 Å². The molecule has 1 heterocycles. The van der Waals surface area contributed by atoms with Crippen molar-refractivity contribution in [1.29, 1.82) is 0 Å². The zero-order valence-electron chi connectivity index (χ0n) is 11.5. The predicted molar refractivity (Wildman–Crippen MR) is 72.1 cm³/mol. The van der Waals surface area contributed by atoms with Crippen LogP contribution in [0.15, 0.2) is 18.2 Å². The number of hydrogen-bond acceptors (Lipinski definition) is 4. The molecule has 4 nitrogen and oxygen atoms in total. The molecule has 1 aromatic rings. The first-order valence-corrected chi connectivity index (χ1v) is 6.64. The Hall–Kier alpha value is -1.55. The molecule has 1 saturated heterocycles. The summed E-state index contributed by atoms with van der Waals surface area (Å²) in [4.78, 5) is 11.3. The molecular weight excluding hydrogens is 244 g/mol. The second-order valence-corrected chi connectivity index (χ2v) is 4.72. The standard InChI is InChI=1S/C15H20O4/c1-11(16)12-6-7-14(15(9-12)17-2)19-10-13-5-3-4-8-18-13/h6-7,9,13H,3-5,8,10H2,1-2H3/t13-/m0/s1. The van der Waals surface area contributed by atoms with E-state index in [9.17, 15) is 4.79 Å². The summed E-state index contributed by atoms with van der Waals surface area (Å²) in [6.45, 7) is 2.87. The van der Waals surface area contributed by atoms with E-state index in [1.54, 1.807) is 25.3 Å². The van der Waals surface area contributed by atoms with Crippen LogP contribution in [0.2, 0.25) is 0 Å². The van der Waals surface area contributed by atoms with Crippen molar-refractivity contribution in [1.82, 2.24) is 0 Å². The van der Waals surface area contributed by atoms with Crippen LogP contribution in [-0.4, -0.2) is 32.2 Å². The molecule has 0 spiro atoms. The van der Waals surface area contributed by atoms with Crippen molar-refractivity contribution in [2.75, 3.05) is 20.3 Å². The summed E-state index contributed by atoms with van der Waals surface area (Å²) < 4.78 is 16.6. The van der Waals surface area contributed by atoms with E-state index in [0.717, 1.165) is 19.4 Å². The maximum Gasteiger partial charge on any atom is 0.161 e. The highest BCUT2D eigenvalue weighted by Crippen LogP contribution is 2.29. The lowest BCUT2D eigenvalue weighted by Crippen LogP contribution is -2.25. The highest BCUT2D eigenvalue weighted by atomic mass is 16.5. The van der Waals surface area contributed by atoms with Crippen molar-refractivity contribution in [2.45, 2.75) is 32.3 Å². The van der Waals surface area contributed by atoms with Crippen LogP contribution in [0, 0.1) is 0 Å². The molecule has 4 heteroatoms. The van der Waals surface area contributed by atoms with Gasteiger partial charge >= 0.3 is 0 Å². The molecule has 0 radical (unpaired) electrons. The zero-order chi connectivity index (χ0) is 13.7. The first-order chi connectivity index (χ1) is 9.20. The number of carbonyl (C=O) groups is 1. The van der Waals surface area contributed by atoms with Gasteiger partial charge in [0.2, 0.25) is 0 Å². The summed E-state index contributed by atoms with van der Waals surface area (Å²) in [5.74, 6) is 1.26. The van der Waals surface area contributed by atoms with Crippen molar-refractivity contribution in [3.63, 3.8) is 0 Å². The van der Waals surface area contributed by atoms with Crippen LogP contribution < -0.4 is 9.47 Å². The summed E-state index contributed by atoms with van der Waals surface area (Å²) in [5.41, 5.74) is 0.623. The molecule has 0 bridgehead atoms. The van der Waals surface area contributed by atoms with Gasteiger partial charge in [0.15, 0.2) is 17.3 Å². The molecule has 0 aliphatic carbocycles. The molecule has 0 unspecified atom stereocenters. The Morgan fingerprint density at radius 2 is 2.21 bits per heavy atom. The average molecular weight is 264 g/mol. The van der Waals surface area contributed by atoms with Crippen LogP contribution in [0.25, 0.3) is 0 Å². The van der Waals surface area contributed by atoms with Gasteiger partial charge in [0.05, 0.1) is 13.2 Å². The van der Waals surface area contributed by atoms with Crippen molar-refractivity contribution in [3.05, 3.63) is 23.8 Å². The fraction of sp³-hybridized carbons (Fsp3) is 0.533. The molecule has 0 N–H and O–H groups in total. The zero-order valence-corrected chi connectivity index (χ0v) is 11.5. The highest BCUT2D eigenvalue weighted by molar-refractivity contribution is 5.94. The van der Waals surface area contributed by atoms with E-state index >= 15 is 0 Å². The van der Waals surface area contributed by atoms with E-state index in [0.29, 0.717) is 23.7 Å². The molecule has 0 saturated carbocycles. The van der Waals surface area contributed by atoms with Gasteiger partial charge in [-0.2, -0.15) is 0 Å². The minimum Gasteiger partial charge on any atom is -0.493 e. The van der Waals surface area contributed by atoms with Gasteiger partial charge in [-0.25, -0.2) is 0 Å². The second kappa shape index (κ2) is 6.57. The van der Waals surface area contributed by atoms with E-state index in [2.05, 4.69) is 0 Å². The topological polar surface area (TPSA) is 44.8 Å². The monoisotopic (exact) mass is 264 g/mol. The van der Waals surface area contributed by atoms with E-state index in [4.69, 9.17) is 14.2 Å². The molecule has 1 fully saturated rings. The van der Waals surface area contributed by atoms with Crippen LogP contribution in [-0.2, 0) is 4.74 Å². The third-order valence-corrected chi connectivity index (χ3v) is 3.27. The molecule has 1 aliphatic rings. The fourth-order valence-electron chi connectivity index (χ4n) is 2.13. The van der Waals surface area contributed by atoms with Gasteiger partial charge in [-0.05, 0) is 44.4 Å². The Morgan fingerprint density at radius 1 is 1.37 bits per heavy atom. The summed E-state index contributed by atoms with van der Waals surface area (Å²) in [6.07, 6.45) is 3.51. The van der Waals surface area contributed by atoms with Crippen molar-refractivity contribution in [2.24, 2.45) is 0 Å². The number of methoxy groups -OCH3 is 1. The van der Waals surface area contributed by atoms with Gasteiger partial charge in [-0.1, -0.05) is 0 Å². The highest BCUT2D eigenvalue weighted by Gasteiger charge is 2.16. The Morgan fingerprint density at radius 3 is 2.84 bits per heavy atom. The van der Waals surface area contributed by atoms with E-state index in [1.807, 2.05) is 0 Å². The molecule has 1 atom stereocenters. The maximum absolute atomic E-state index is 11.3. The van der Waals surface area contributed by atoms with Crippen LogP contribution in [0.5, 0.6) is 11.5 Å². The Bertz CT molecular complexity index is 436. The Labute approximate surface area is 113 Å². The molecule has 0 amide bonds. The van der Waals surface area contributed by atoms with Gasteiger partial charge in [0, 0.05) is 12.2 Å². The SMILES string of the molecule is COc1cc(C(C)=O)ccc1OC[C@@H]1CCCCO1. The van der Waals surface area contributed by atoms with Gasteiger partial charge in [0.1, 0.15) is 6.61 Å². The lowest BCUT2D eigenvalue weighted by atomic mass is 10.1. The number of ether oxygens (including phenoxy) is 3. The minimum atomic E-state index is 0.0143. The molecule has 1 aromatic carbocycles. The Balaban J connectivity index is 2.00. The van der Waals surface area contributed by atoms with Crippen LogP contribution >= 0.6 is 0 Å². The summed E-state index contributed by atoms with van der Waals surface area (Å²) in [6, 6.07) is 5.24. The molecular formula is C15H20O4. The summed E-state index contributed by atoms with van der Waals surface area (Å²) >= 11 is 0. The summed E-state index contributed by atoms with van der Waals surface area (Å²) in [7, 11) is 1.57. The van der Waals surface area contributed by atoms with E-state index < -0.39 is 0 Å². The smallest absolute Gasteiger partial charge is 0.161 e. The number of rotatable bonds is 5. The predicted octanol–water partition coefficient (Wildman–Crippen LogP) is 2.85. The Kier molecular flexibility index (Phi) is 4.80. The van der Waals surface area contributed by atoms with Crippen molar-refractivity contribution in [3.8, 4) is 11.5 Å². The lowest BCUT2D eigenvalue weighted by Gasteiger charge is -2.23. The molecule has 19 heavy (non-hydrogen) atoms. The number of Topliss-reactive ketones (excluding diaryl/α,β-unsaturated/α-hetero) is 1. The number of benzene rings is 1. The molecule has 2 rings (SSSR count). The third-order valence-electron chi connectivity index (χ3n) is 3.27. The quantitative estimate of drug-likeness (QED) is 0.767. The first-order valence-electron chi connectivity index (χ1n) is 6.64. The first kappa shape index (κ1) is 13.9.